The highest BCUT2D eigenvalue weighted by atomic mass is 32.1. The number of anilines is 2. The van der Waals surface area contributed by atoms with Crippen molar-refractivity contribution >= 4 is 33.2 Å². The molecule has 0 bridgehead atoms. The summed E-state index contributed by atoms with van der Waals surface area (Å²) in [5.74, 6) is 1.44. The average Bonchev–Trinajstić information content (AvgIpc) is 3.06. The Morgan fingerprint density at radius 3 is 2.83 bits per heavy atom. The zero-order valence-electron chi connectivity index (χ0n) is 12.2. The lowest BCUT2D eigenvalue weighted by molar-refractivity contribution is 1.03. The van der Waals surface area contributed by atoms with E-state index < -0.39 is 0 Å². The van der Waals surface area contributed by atoms with Gasteiger partial charge >= 0.3 is 0 Å². The van der Waals surface area contributed by atoms with Crippen molar-refractivity contribution in [3.05, 3.63) is 71.8 Å². The fourth-order valence-corrected chi connectivity index (χ4v) is 3.10. The maximum absolute atomic E-state index is 4.62. The fraction of sp³-hybridized carbons (Fsp3) is 0.0588. The van der Waals surface area contributed by atoms with Crippen molar-refractivity contribution in [3.8, 4) is 0 Å². The standard InChI is InChI=1S/C17H13N5S/c1-2-4-12(5-3-1)8-13-9-18-10-15(21-13)22-16-14-6-7-23-17(14)20-11-19-16/h1-7,9-11H,8H2,(H,19,20,21,22). The van der Waals surface area contributed by atoms with E-state index in [1.807, 2.05) is 29.6 Å². The highest BCUT2D eigenvalue weighted by molar-refractivity contribution is 7.16. The number of hydrogen-bond donors (Lipinski definition) is 1. The van der Waals surface area contributed by atoms with Crippen LogP contribution in [-0.2, 0) is 6.42 Å². The minimum absolute atomic E-state index is 0.685. The van der Waals surface area contributed by atoms with Gasteiger partial charge in [-0.15, -0.1) is 11.3 Å². The third-order valence-electron chi connectivity index (χ3n) is 3.42. The SMILES string of the molecule is c1ccc(Cc2cncc(Nc3ncnc4sccc34)n2)cc1. The fourth-order valence-electron chi connectivity index (χ4n) is 2.37. The summed E-state index contributed by atoms with van der Waals surface area (Å²) in [7, 11) is 0. The molecule has 1 N–H and O–H groups in total. The van der Waals surface area contributed by atoms with E-state index in [-0.39, 0.29) is 0 Å². The van der Waals surface area contributed by atoms with Crippen molar-refractivity contribution in [2.45, 2.75) is 6.42 Å². The lowest BCUT2D eigenvalue weighted by atomic mass is 10.1. The van der Waals surface area contributed by atoms with E-state index in [0.29, 0.717) is 5.82 Å². The van der Waals surface area contributed by atoms with Gasteiger partial charge in [0.05, 0.1) is 17.3 Å². The lowest BCUT2D eigenvalue weighted by Crippen LogP contribution is -2.01. The largest absolute Gasteiger partial charge is 0.323 e. The molecular formula is C17H13N5S. The van der Waals surface area contributed by atoms with Gasteiger partial charge in [0.15, 0.2) is 0 Å². The summed E-state index contributed by atoms with van der Waals surface area (Å²) in [6.07, 6.45) is 5.80. The number of thiophene rings is 1. The summed E-state index contributed by atoms with van der Waals surface area (Å²) in [4.78, 5) is 18.4. The van der Waals surface area contributed by atoms with E-state index in [9.17, 15) is 0 Å². The summed E-state index contributed by atoms with van der Waals surface area (Å²) in [5, 5.41) is 6.24. The molecule has 4 aromatic rings. The quantitative estimate of drug-likeness (QED) is 0.619. The van der Waals surface area contributed by atoms with E-state index in [1.54, 1.807) is 30.1 Å². The van der Waals surface area contributed by atoms with Crippen molar-refractivity contribution in [1.82, 2.24) is 19.9 Å². The van der Waals surface area contributed by atoms with Gasteiger partial charge in [-0.2, -0.15) is 0 Å². The number of nitrogens with one attached hydrogen (secondary N) is 1. The van der Waals surface area contributed by atoms with Gasteiger partial charge in [-0.3, -0.25) is 4.98 Å². The summed E-state index contributed by atoms with van der Waals surface area (Å²) < 4.78 is 0. The maximum atomic E-state index is 4.62. The predicted molar refractivity (Wildman–Crippen MR) is 92.0 cm³/mol. The third-order valence-corrected chi connectivity index (χ3v) is 4.24. The van der Waals surface area contributed by atoms with E-state index in [1.165, 1.54) is 5.56 Å². The van der Waals surface area contributed by atoms with Gasteiger partial charge in [0.1, 0.15) is 22.8 Å². The smallest absolute Gasteiger partial charge is 0.150 e. The Morgan fingerprint density at radius 2 is 1.91 bits per heavy atom. The van der Waals surface area contributed by atoms with Gasteiger partial charge < -0.3 is 5.32 Å². The minimum atomic E-state index is 0.685. The summed E-state index contributed by atoms with van der Waals surface area (Å²) in [5.41, 5.74) is 2.12. The van der Waals surface area contributed by atoms with Gasteiger partial charge in [0.25, 0.3) is 0 Å². The second-order valence-electron chi connectivity index (χ2n) is 5.04. The molecule has 0 aliphatic rings. The predicted octanol–water partition coefficient (Wildman–Crippen LogP) is 3.82. The van der Waals surface area contributed by atoms with Crippen LogP contribution in [0.5, 0.6) is 0 Å². The second-order valence-corrected chi connectivity index (χ2v) is 5.94. The van der Waals surface area contributed by atoms with E-state index in [0.717, 1.165) is 28.1 Å². The first-order chi connectivity index (χ1) is 11.4. The van der Waals surface area contributed by atoms with Crippen LogP contribution >= 0.6 is 11.3 Å². The first kappa shape index (κ1) is 13.8. The summed E-state index contributed by atoms with van der Waals surface area (Å²) in [6, 6.07) is 12.2. The number of aromatic nitrogens is 4. The number of nitrogens with zero attached hydrogens (tertiary/aromatic N) is 4. The second kappa shape index (κ2) is 6.10. The lowest BCUT2D eigenvalue weighted by Gasteiger charge is -2.07. The van der Waals surface area contributed by atoms with Crippen LogP contribution in [0.15, 0.2) is 60.5 Å². The molecule has 0 fully saturated rings. The van der Waals surface area contributed by atoms with Crippen LogP contribution in [0.4, 0.5) is 11.6 Å². The van der Waals surface area contributed by atoms with Crippen molar-refractivity contribution in [2.75, 3.05) is 5.32 Å². The van der Waals surface area contributed by atoms with Crippen molar-refractivity contribution in [3.63, 3.8) is 0 Å². The summed E-state index contributed by atoms with van der Waals surface area (Å²) in [6.45, 7) is 0. The first-order valence-electron chi connectivity index (χ1n) is 7.18. The topological polar surface area (TPSA) is 63.6 Å². The maximum Gasteiger partial charge on any atom is 0.150 e. The zero-order chi connectivity index (χ0) is 15.5. The minimum Gasteiger partial charge on any atom is -0.323 e. The molecule has 0 saturated carbocycles. The molecule has 112 valence electrons. The zero-order valence-corrected chi connectivity index (χ0v) is 13.0. The first-order valence-corrected chi connectivity index (χ1v) is 8.06. The Bertz CT molecular complexity index is 936. The van der Waals surface area contributed by atoms with Crippen LogP contribution in [0, 0.1) is 0 Å². The van der Waals surface area contributed by atoms with Crippen LogP contribution < -0.4 is 5.32 Å². The Labute approximate surface area is 137 Å². The molecular weight excluding hydrogens is 306 g/mol. The molecule has 0 unspecified atom stereocenters. The van der Waals surface area contributed by atoms with Crippen LogP contribution in [0.2, 0.25) is 0 Å². The monoisotopic (exact) mass is 319 g/mol. The van der Waals surface area contributed by atoms with Gasteiger partial charge in [-0.25, -0.2) is 15.0 Å². The molecule has 6 heteroatoms. The Morgan fingerprint density at radius 1 is 1.00 bits per heavy atom. The van der Waals surface area contributed by atoms with Crippen LogP contribution in [0.25, 0.3) is 10.2 Å². The van der Waals surface area contributed by atoms with Crippen LogP contribution in [-0.4, -0.2) is 19.9 Å². The molecule has 3 aromatic heterocycles. The van der Waals surface area contributed by atoms with Gasteiger partial charge in [-0.1, -0.05) is 30.3 Å². The van der Waals surface area contributed by atoms with Crippen molar-refractivity contribution in [1.29, 1.82) is 0 Å². The van der Waals surface area contributed by atoms with E-state index in [4.69, 9.17) is 0 Å². The van der Waals surface area contributed by atoms with Crippen molar-refractivity contribution in [2.24, 2.45) is 0 Å². The number of rotatable bonds is 4. The molecule has 4 rings (SSSR count). The number of fused-ring (bicyclic) bond motifs is 1. The molecule has 23 heavy (non-hydrogen) atoms. The Hall–Kier alpha value is -2.86. The van der Waals surface area contributed by atoms with Gasteiger partial charge in [-0.05, 0) is 17.0 Å². The van der Waals surface area contributed by atoms with Crippen LogP contribution in [0.1, 0.15) is 11.3 Å². The average molecular weight is 319 g/mol. The Balaban J connectivity index is 1.60. The molecule has 0 atom stereocenters. The molecule has 0 spiro atoms. The Kier molecular flexibility index (Phi) is 3.65. The summed E-state index contributed by atoms with van der Waals surface area (Å²) >= 11 is 1.59. The highest BCUT2D eigenvalue weighted by Gasteiger charge is 2.07. The normalized spacial score (nSPS) is 10.8. The van der Waals surface area contributed by atoms with E-state index >= 15 is 0 Å². The molecule has 0 aliphatic carbocycles. The molecule has 1 aromatic carbocycles. The number of benzene rings is 1. The molecule has 0 saturated heterocycles. The third kappa shape index (κ3) is 3.02. The van der Waals surface area contributed by atoms with Crippen molar-refractivity contribution < 1.29 is 0 Å². The van der Waals surface area contributed by atoms with Crippen LogP contribution in [0.3, 0.4) is 0 Å². The van der Waals surface area contributed by atoms with Gasteiger partial charge in [0.2, 0.25) is 0 Å². The number of hydrogen-bond acceptors (Lipinski definition) is 6. The molecule has 0 aliphatic heterocycles. The highest BCUT2D eigenvalue weighted by Crippen LogP contribution is 2.25. The van der Waals surface area contributed by atoms with Gasteiger partial charge in [0, 0.05) is 12.6 Å². The van der Waals surface area contributed by atoms with E-state index in [2.05, 4.69) is 37.4 Å². The molecule has 0 radical (unpaired) electrons. The molecule has 0 amide bonds. The molecule has 3 heterocycles. The molecule has 5 nitrogen and oxygen atoms in total.